The van der Waals surface area contributed by atoms with Gasteiger partial charge in [0.25, 0.3) is 5.91 Å². The van der Waals surface area contributed by atoms with Gasteiger partial charge in [0.05, 0.1) is 20.6 Å². The minimum absolute atomic E-state index is 0.154. The molecule has 2 rings (SSSR count). The van der Waals surface area contributed by atoms with Gasteiger partial charge in [0, 0.05) is 15.8 Å². The van der Waals surface area contributed by atoms with Gasteiger partial charge in [-0.05, 0) is 46.3 Å². The van der Waals surface area contributed by atoms with Gasteiger partial charge in [-0.3, -0.25) is 4.79 Å². The van der Waals surface area contributed by atoms with E-state index in [2.05, 4.69) is 21.2 Å². The fraction of sp³-hybridized carbons (Fsp3) is 0. The van der Waals surface area contributed by atoms with E-state index in [-0.39, 0.29) is 15.6 Å². The van der Waals surface area contributed by atoms with Crippen LogP contribution in [0.5, 0.6) is 0 Å². The molecule has 0 spiro atoms. The Hall–Kier alpha value is -0.940. The summed E-state index contributed by atoms with van der Waals surface area (Å²) in [5.41, 5.74) is 6.76. The minimum Gasteiger partial charge on any atom is -0.399 e. The first-order chi connectivity index (χ1) is 9.38. The van der Waals surface area contributed by atoms with Crippen molar-refractivity contribution in [1.29, 1.82) is 0 Å². The second-order valence-electron chi connectivity index (χ2n) is 3.95. The number of carbonyl (C=O) groups excluding carboxylic acids is 1. The highest BCUT2D eigenvalue weighted by atomic mass is 79.9. The third kappa shape index (κ3) is 3.38. The van der Waals surface area contributed by atoms with Crippen molar-refractivity contribution in [1.82, 2.24) is 0 Å². The van der Waals surface area contributed by atoms with Crippen LogP contribution in [0.3, 0.4) is 0 Å². The fourth-order valence-electron chi connectivity index (χ4n) is 1.55. The van der Waals surface area contributed by atoms with E-state index in [1.165, 1.54) is 12.1 Å². The number of nitrogens with one attached hydrogen (secondary N) is 1. The Kier molecular flexibility index (Phi) is 4.81. The molecule has 0 saturated carbocycles. The fourth-order valence-corrected chi connectivity index (χ4v) is 2.40. The molecule has 0 aliphatic carbocycles. The molecule has 2 aromatic carbocycles. The lowest BCUT2D eigenvalue weighted by molar-refractivity contribution is 0.102. The van der Waals surface area contributed by atoms with Crippen LogP contribution in [0.25, 0.3) is 0 Å². The van der Waals surface area contributed by atoms with Crippen LogP contribution >= 0.6 is 50.7 Å². The molecule has 3 N–H and O–H groups in total. The smallest absolute Gasteiger partial charge is 0.257 e. The number of hydrogen-bond donors (Lipinski definition) is 2. The summed E-state index contributed by atoms with van der Waals surface area (Å²) in [6.07, 6.45) is 0. The summed E-state index contributed by atoms with van der Waals surface area (Å²) in [7, 11) is 0. The van der Waals surface area contributed by atoms with Gasteiger partial charge in [-0.1, -0.05) is 34.8 Å². The third-order valence-corrected chi connectivity index (χ3v) is 4.51. The molecule has 3 nitrogen and oxygen atoms in total. The summed E-state index contributed by atoms with van der Waals surface area (Å²) in [6, 6.07) is 7.99. The largest absolute Gasteiger partial charge is 0.399 e. The maximum absolute atomic E-state index is 12.2. The highest BCUT2D eigenvalue weighted by Gasteiger charge is 2.14. The molecule has 2 aromatic rings. The molecule has 0 aromatic heterocycles. The Morgan fingerprint density at radius 2 is 1.80 bits per heavy atom. The lowest BCUT2D eigenvalue weighted by atomic mass is 10.2. The number of anilines is 2. The Labute approximate surface area is 139 Å². The highest BCUT2D eigenvalue weighted by Crippen LogP contribution is 2.30. The summed E-state index contributed by atoms with van der Waals surface area (Å²) >= 11 is 21.1. The zero-order chi connectivity index (χ0) is 14.9. The van der Waals surface area contributed by atoms with Crippen LogP contribution in [0.1, 0.15) is 10.4 Å². The van der Waals surface area contributed by atoms with Crippen molar-refractivity contribution in [2.75, 3.05) is 11.1 Å². The molecular formula is C13H8BrCl3N2O. The molecule has 0 atom stereocenters. The van der Waals surface area contributed by atoms with E-state index in [0.717, 1.165) is 4.47 Å². The normalized spacial score (nSPS) is 10.4. The molecule has 0 radical (unpaired) electrons. The van der Waals surface area contributed by atoms with Crippen LogP contribution in [0.15, 0.2) is 34.8 Å². The summed E-state index contributed by atoms with van der Waals surface area (Å²) in [5.74, 6) is -0.414. The Morgan fingerprint density at radius 1 is 1.10 bits per heavy atom. The molecule has 0 heterocycles. The van der Waals surface area contributed by atoms with E-state index >= 15 is 0 Å². The van der Waals surface area contributed by atoms with Gasteiger partial charge in [0.15, 0.2) is 0 Å². The minimum atomic E-state index is -0.414. The van der Waals surface area contributed by atoms with E-state index in [0.29, 0.717) is 16.4 Å². The van der Waals surface area contributed by atoms with E-state index in [4.69, 9.17) is 40.5 Å². The Balaban J connectivity index is 2.30. The number of benzene rings is 2. The van der Waals surface area contributed by atoms with Crippen molar-refractivity contribution >= 4 is 68.0 Å². The van der Waals surface area contributed by atoms with Gasteiger partial charge < -0.3 is 11.1 Å². The number of halogens is 4. The predicted molar refractivity (Wildman–Crippen MR) is 88.0 cm³/mol. The molecule has 1 amide bonds. The standard InChI is InChI=1S/C13H8BrCl3N2O/c14-9-2-1-7(5-10(9)15)19-13(20)8-3-6(18)4-11(16)12(8)17/h1-5H,18H2,(H,19,20). The lowest BCUT2D eigenvalue weighted by Gasteiger charge is -2.09. The summed E-state index contributed by atoms with van der Waals surface area (Å²) in [4.78, 5) is 12.2. The van der Waals surface area contributed by atoms with E-state index in [1.54, 1.807) is 18.2 Å². The first-order valence-electron chi connectivity index (χ1n) is 5.39. The Morgan fingerprint density at radius 3 is 2.45 bits per heavy atom. The van der Waals surface area contributed by atoms with Crippen LogP contribution in [0.2, 0.25) is 15.1 Å². The maximum atomic E-state index is 12.2. The van der Waals surface area contributed by atoms with Crippen molar-refractivity contribution in [2.45, 2.75) is 0 Å². The molecule has 7 heteroatoms. The van der Waals surface area contributed by atoms with Crippen molar-refractivity contribution in [2.24, 2.45) is 0 Å². The average Bonchev–Trinajstić information content (AvgIpc) is 2.38. The third-order valence-electron chi connectivity index (χ3n) is 2.47. The van der Waals surface area contributed by atoms with Crippen molar-refractivity contribution < 1.29 is 4.79 Å². The maximum Gasteiger partial charge on any atom is 0.257 e. The highest BCUT2D eigenvalue weighted by molar-refractivity contribution is 9.10. The first-order valence-corrected chi connectivity index (χ1v) is 7.32. The second-order valence-corrected chi connectivity index (χ2v) is 5.99. The lowest BCUT2D eigenvalue weighted by Crippen LogP contribution is -2.13. The van der Waals surface area contributed by atoms with Gasteiger partial charge in [-0.15, -0.1) is 0 Å². The number of nitrogens with two attached hydrogens (primary N) is 1. The van der Waals surface area contributed by atoms with Gasteiger partial charge in [0.2, 0.25) is 0 Å². The van der Waals surface area contributed by atoms with Crippen LogP contribution in [-0.4, -0.2) is 5.91 Å². The molecule has 0 aliphatic heterocycles. The second kappa shape index (κ2) is 6.22. The molecule has 0 unspecified atom stereocenters. The van der Waals surface area contributed by atoms with E-state index in [1.807, 2.05) is 0 Å². The number of carbonyl (C=O) groups is 1. The van der Waals surface area contributed by atoms with Gasteiger partial charge in [-0.25, -0.2) is 0 Å². The van der Waals surface area contributed by atoms with E-state index < -0.39 is 5.91 Å². The molecule has 0 aliphatic rings. The monoisotopic (exact) mass is 392 g/mol. The van der Waals surface area contributed by atoms with Crippen molar-refractivity contribution in [3.8, 4) is 0 Å². The van der Waals surface area contributed by atoms with Gasteiger partial charge >= 0.3 is 0 Å². The molecule has 0 bridgehead atoms. The zero-order valence-electron chi connectivity index (χ0n) is 9.88. The molecule has 0 saturated heterocycles. The van der Waals surface area contributed by atoms with Crippen LogP contribution in [-0.2, 0) is 0 Å². The Bertz CT molecular complexity index is 692. The number of rotatable bonds is 2. The predicted octanol–water partition coefficient (Wildman–Crippen LogP) is 5.24. The average molecular weight is 394 g/mol. The number of amides is 1. The number of nitrogen functional groups attached to an aromatic ring is 1. The zero-order valence-corrected chi connectivity index (χ0v) is 13.7. The van der Waals surface area contributed by atoms with Crippen LogP contribution < -0.4 is 11.1 Å². The topological polar surface area (TPSA) is 55.1 Å². The summed E-state index contributed by atoms with van der Waals surface area (Å²) < 4.78 is 0.738. The first kappa shape index (κ1) is 15.4. The number of hydrogen-bond acceptors (Lipinski definition) is 2. The molecule has 104 valence electrons. The quantitative estimate of drug-likeness (QED) is 0.684. The molecular weight excluding hydrogens is 386 g/mol. The molecule has 0 fully saturated rings. The molecule has 20 heavy (non-hydrogen) atoms. The summed E-state index contributed by atoms with van der Waals surface area (Å²) in [5, 5.41) is 3.55. The van der Waals surface area contributed by atoms with Crippen LogP contribution in [0, 0.1) is 0 Å². The van der Waals surface area contributed by atoms with E-state index in [9.17, 15) is 4.79 Å². The summed E-state index contributed by atoms with van der Waals surface area (Å²) in [6.45, 7) is 0. The van der Waals surface area contributed by atoms with Gasteiger partial charge in [0.1, 0.15) is 0 Å². The van der Waals surface area contributed by atoms with Crippen LogP contribution in [0.4, 0.5) is 11.4 Å². The SMILES string of the molecule is Nc1cc(Cl)c(Cl)c(C(=O)Nc2ccc(Br)c(Cl)c2)c1. The van der Waals surface area contributed by atoms with Gasteiger partial charge in [-0.2, -0.15) is 0 Å². The van der Waals surface area contributed by atoms with Crippen molar-refractivity contribution in [3.63, 3.8) is 0 Å². The van der Waals surface area contributed by atoms with Crippen molar-refractivity contribution in [3.05, 3.63) is 55.4 Å².